The maximum Gasteiger partial charge on any atom is 0.0888 e. The second kappa shape index (κ2) is 6.55. The quantitative estimate of drug-likeness (QED) is 0.535. The van der Waals surface area contributed by atoms with Gasteiger partial charge in [0.2, 0.25) is 0 Å². The predicted molar refractivity (Wildman–Crippen MR) is 65.0 cm³/mol. The molecule has 1 heterocycles. The molecule has 0 bridgehead atoms. The SMILES string of the molecule is CCC(C)CC(NN)C1(OC)CCOCC1. The van der Waals surface area contributed by atoms with Gasteiger partial charge in [-0.2, -0.15) is 0 Å². The highest BCUT2D eigenvalue weighted by Gasteiger charge is 2.40. The van der Waals surface area contributed by atoms with Crippen molar-refractivity contribution in [1.82, 2.24) is 5.43 Å². The molecule has 2 atom stereocenters. The zero-order valence-corrected chi connectivity index (χ0v) is 10.8. The Morgan fingerprint density at radius 1 is 1.44 bits per heavy atom. The van der Waals surface area contributed by atoms with Crippen LogP contribution in [-0.4, -0.2) is 32.0 Å². The van der Waals surface area contributed by atoms with Crippen molar-refractivity contribution in [1.29, 1.82) is 0 Å². The summed E-state index contributed by atoms with van der Waals surface area (Å²) in [4.78, 5) is 0. The molecule has 0 amide bonds. The van der Waals surface area contributed by atoms with E-state index in [0.717, 1.165) is 32.5 Å². The molecule has 2 unspecified atom stereocenters. The van der Waals surface area contributed by atoms with Crippen LogP contribution in [0.25, 0.3) is 0 Å². The summed E-state index contributed by atoms with van der Waals surface area (Å²) >= 11 is 0. The summed E-state index contributed by atoms with van der Waals surface area (Å²) in [5.41, 5.74) is 2.81. The summed E-state index contributed by atoms with van der Waals surface area (Å²) in [5, 5.41) is 0. The molecule has 4 nitrogen and oxygen atoms in total. The lowest BCUT2D eigenvalue weighted by molar-refractivity contribution is -0.113. The van der Waals surface area contributed by atoms with E-state index in [1.54, 1.807) is 7.11 Å². The fourth-order valence-electron chi connectivity index (χ4n) is 2.42. The number of hydrogen-bond acceptors (Lipinski definition) is 4. The first kappa shape index (κ1) is 13.9. The molecule has 0 aliphatic carbocycles. The van der Waals surface area contributed by atoms with E-state index in [4.69, 9.17) is 15.3 Å². The van der Waals surface area contributed by atoms with E-state index in [1.165, 1.54) is 6.42 Å². The maximum absolute atomic E-state index is 5.75. The monoisotopic (exact) mass is 230 g/mol. The molecule has 0 spiro atoms. The van der Waals surface area contributed by atoms with E-state index in [1.807, 2.05) is 0 Å². The van der Waals surface area contributed by atoms with Gasteiger partial charge >= 0.3 is 0 Å². The van der Waals surface area contributed by atoms with E-state index in [9.17, 15) is 0 Å². The van der Waals surface area contributed by atoms with Crippen LogP contribution in [0.4, 0.5) is 0 Å². The maximum atomic E-state index is 5.75. The standard InChI is InChI=1S/C12H26N2O2/c1-4-10(2)9-11(14-13)12(15-3)5-7-16-8-6-12/h10-11,14H,4-9,13H2,1-3H3. The smallest absolute Gasteiger partial charge is 0.0888 e. The summed E-state index contributed by atoms with van der Waals surface area (Å²) in [5.74, 6) is 6.36. The lowest BCUT2D eigenvalue weighted by Crippen LogP contribution is -2.57. The van der Waals surface area contributed by atoms with Crippen molar-refractivity contribution in [3.63, 3.8) is 0 Å². The zero-order valence-electron chi connectivity index (χ0n) is 10.8. The minimum absolute atomic E-state index is 0.142. The minimum Gasteiger partial charge on any atom is -0.381 e. The van der Waals surface area contributed by atoms with Crippen LogP contribution in [0.2, 0.25) is 0 Å². The van der Waals surface area contributed by atoms with Gasteiger partial charge in [-0.1, -0.05) is 20.3 Å². The molecular formula is C12H26N2O2. The van der Waals surface area contributed by atoms with E-state index in [-0.39, 0.29) is 11.6 Å². The molecule has 1 saturated heterocycles. The van der Waals surface area contributed by atoms with Crippen LogP contribution >= 0.6 is 0 Å². The Morgan fingerprint density at radius 2 is 2.06 bits per heavy atom. The van der Waals surface area contributed by atoms with Crippen LogP contribution < -0.4 is 11.3 Å². The average molecular weight is 230 g/mol. The van der Waals surface area contributed by atoms with Crippen molar-refractivity contribution in [3.8, 4) is 0 Å². The normalized spacial score (nSPS) is 24.0. The Kier molecular flexibility index (Phi) is 5.69. The Morgan fingerprint density at radius 3 is 2.50 bits per heavy atom. The van der Waals surface area contributed by atoms with Gasteiger partial charge in [-0.05, 0) is 12.3 Å². The molecule has 1 rings (SSSR count). The van der Waals surface area contributed by atoms with Crippen molar-refractivity contribution in [2.24, 2.45) is 11.8 Å². The number of rotatable bonds is 6. The van der Waals surface area contributed by atoms with Gasteiger partial charge in [0, 0.05) is 33.2 Å². The molecule has 0 saturated carbocycles. The van der Waals surface area contributed by atoms with Crippen molar-refractivity contribution in [3.05, 3.63) is 0 Å². The predicted octanol–water partition coefficient (Wildman–Crippen LogP) is 1.45. The molecule has 16 heavy (non-hydrogen) atoms. The highest BCUT2D eigenvalue weighted by molar-refractivity contribution is 4.94. The van der Waals surface area contributed by atoms with Gasteiger partial charge in [0.1, 0.15) is 0 Å². The lowest BCUT2D eigenvalue weighted by Gasteiger charge is -2.42. The van der Waals surface area contributed by atoms with Crippen LogP contribution in [0, 0.1) is 5.92 Å². The van der Waals surface area contributed by atoms with Crippen LogP contribution in [0.15, 0.2) is 0 Å². The van der Waals surface area contributed by atoms with Gasteiger partial charge in [0.15, 0.2) is 0 Å². The largest absolute Gasteiger partial charge is 0.381 e. The summed E-state index contributed by atoms with van der Waals surface area (Å²) in [6.07, 6.45) is 4.08. The number of methoxy groups -OCH3 is 1. The summed E-state index contributed by atoms with van der Waals surface area (Å²) in [6.45, 7) is 6.01. The first-order valence-electron chi connectivity index (χ1n) is 6.27. The molecule has 0 radical (unpaired) electrons. The Hall–Kier alpha value is -0.160. The third-order valence-electron chi connectivity index (χ3n) is 3.92. The Bertz CT molecular complexity index is 193. The van der Waals surface area contributed by atoms with E-state index < -0.39 is 0 Å². The van der Waals surface area contributed by atoms with Gasteiger partial charge < -0.3 is 9.47 Å². The first-order valence-corrected chi connectivity index (χ1v) is 6.27. The molecule has 4 heteroatoms. The molecule has 0 aromatic carbocycles. The fourth-order valence-corrected chi connectivity index (χ4v) is 2.42. The summed E-state index contributed by atoms with van der Waals surface area (Å²) in [7, 11) is 1.78. The molecule has 96 valence electrons. The fraction of sp³-hybridized carbons (Fsp3) is 1.00. The number of ether oxygens (including phenoxy) is 2. The molecular weight excluding hydrogens is 204 g/mol. The molecule has 1 fully saturated rings. The third-order valence-corrected chi connectivity index (χ3v) is 3.92. The lowest BCUT2D eigenvalue weighted by atomic mass is 9.81. The average Bonchev–Trinajstić information content (AvgIpc) is 2.36. The van der Waals surface area contributed by atoms with Gasteiger partial charge in [-0.25, -0.2) is 0 Å². The second-order valence-electron chi connectivity index (χ2n) is 4.85. The van der Waals surface area contributed by atoms with E-state index >= 15 is 0 Å². The van der Waals surface area contributed by atoms with Crippen LogP contribution in [0.3, 0.4) is 0 Å². The van der Waals surface area contributed by atoms with Crippen molar-refractivity contribution < 1.29 is 9.47 Å². The number of nitrogens with two attached hydrogens (primary N) is 1. The van der Waals surface area contributed by atoms with Gasteiger partial charge in [0.25, 0.3) is 0 Å². The molecule has 1 aliphatic heterocycles. The first-order chi connectivity index (χ1) is 7.68. The number of hydrogen-bond donors (Lipinski definition) is 2. The third kappa shape index (κ3) is 3.17. The van der Waals surface area contributed by atoms with E-state index in [2.05, 4.69) is 19.3 Å². The van der Waals surface area contributed by atoms with Crippen LogP contribution in [0.1, 0.15) is 39.5 Å². The molecule has 3 N–H and O–H groups in total. The topological polar surface area (TPSA) is 56.5 Å². The van der Waals surface area contributed by atoms with Gasteiger partial charge in [-0.3, -0.25) is 11.3 Å². The van der Waals surface area contributed by atoms with Gasteiger partial charge in [-0.15, -0.1) is 0 Å². The van der Waals surface area contributed by atoms with Crippen LogP contribution in [-0.2, 0) is 9.47 Å². The minimum atomic E-state index is -0.142. The van der Waals surface area contributed by atoms with Crippen molar-refractivity contribution >= 4 is 0 Å². The second-order valence-corrected chi connectivity index (χ2v) is 4.85. The number of hydrazine groups is 1. The highest BCUT2D eigenvalue weighted by Crippen LogP contribution is 2.31. The summed E-state index contributed by atoms with van der Waals surface area (Å²) in [6, 6.07) is 0.219. The Balaban J connectivity index is 2.65. The Labute approximate surface area is 98.8 Å². The molecule has 0 aromatic rings. The molecule has 1 aliphatic rings. The van der Waals surface area contributed by atoms with E-state index in [0.29, 0.717) is 5.92 Å². The van der Waals surface area contributed by atoms with Crippen molar-refractivity contribution in [2.75, 3.05) is 20.3 Å². The molecule has 0 aromatic heterocycles. The van der Waals surface area contributed by atoms with Gasteiger partial charge in [0.05, 0.1) is 11.6 Å². The van der Waals surface area contributed by atoms with Crippen LogP contribution in [0.5, 0.6) is 0 Å². The summed E-state index contributed by atoms with van der Waals surface area (Å²) < 4.78 is 11.2. The van der Waals surface area contributed by atoms with Crippen molar-refractivity contribution in [2.45, 2.75) is 51.2 Å². The number of nitrogens with one attached hydrogen (secondary N) is 1. The zero-order chi connectivity index (χ0) is 12.0. The highest BCUT2D eigenvalue weighted by atomic mass is 16.5.